The van der Waals surface area contributed by atoms with Crippen LogP contribution < -0.4 is 4.74 Å². The number of carbonyl (C=O) groups is 1. The Morgan fingerprint density at radius 2 is 2.23 bits per heavy atom. The number of hydrogen-bond acceptors (Lipinski definition) is 4. The second-order valence-electron chi connectivity index (χ2n) is 5.52. The number of rotatable bonds is 5. The van der Waals surface area contributed by atoms with E-state index in [1.807, 2.05) is 22.4 Å². The van der Waals surface area contributed by atoms with Crippen molar-refractivity contribution in [2.75, 3.05) is 13.1 Å². The number of carbonyl (C=O) groups excluding carboxylic acids is 1. The fourth-order valence-corrected chi connectivity index (χ4v) is 3.26. The van der Waals surface area contributed by atoms with E-state index >= 15 is 0 Å². The first-order valence-corrected chi connectivity index (χ1v) is 8.58. The van der Waals surface area contributed by atoms with Gasteiger partial charge in [0.15, 0.2) is 0 Å². The third kappa shape index (κ3) is 3.47. The summed E-state index contributed by atoms with van der Waals surface area (Å²) in [4.78, 5) is 18.5. The standard InChI is InChI=1S/C17H20N2O2S/c1-2-3-13-4-6-14(7-5-13)16(20)19-10-8-15(12-19)21-17-18-9-11-22-17/h4-7,9,11,15H,2-3,8,10,12H2,1H3. The van der Waals surface area contributed by atoms with E-state index in [4.69, 9.17) is 4.74 Å². The number of ether oxygens (including phenoxy) is 1. The highest BCUT2D eigenvalue weighted by Gasteiger charge is 2.28. The Bertz CT molecular complexity index is 610. The van der Waals surface area contributed by atoms with Crippen molar-refractivity contribution in [3.63, 3.8) is 0 Å². The fraction of sp³-hybridized carbons (Fsp3) is 0.412. The van der Waals surface area contributed by atoms with Crippen LogP contribution >= 0.6 is 11.3 Å². The van der Waals surface area contributed by atoms with Crippen LogP contribution in [0.4, 0.5) is 0 Å². The molecule has 1 amide bonds. The lowest BCUT2D eigenvalue weighted by atomic mass is 10.1. The maximum absolute atomic E-state index is 12.5. The first kappa shape index (κ1) is 15.0. The molecule has 2 aromatic rings. The molecule has 0 radical (unpaired) electrons. The van der Waals surface area contributed by atoms with Gasteiger partial charge in [-0.3, -0.25) is 4.79 Å². The van der Waals surface area contributed by atoms with Crippen LogP contribution in [0.5, 0.6) is 5.19 Å². The minimum absolute atomic E-state index is 0.0504. The first-order chi connectivity index (χ1) is 10.8. The number of benzene rings is 1. The van der Waals surface area contributed by atoms with Crippen molar-refractivity contribution in [1.29, 1.82) is 0 Å². The monoisotopic (exact) mass is 316 g/mol. The normalized spacial score (nSPS) is 17.7. The molecule has 1 aromatic carbocycles. The lowest BCUT2D eigenvalue weighted by molar-refractivity contribution is 0.0772. The average Bonchev–Trinajstić information content (AvgIpc) is 3.20. The maximum Gasteiger partial charge on any atom is 0.273 e. The highest BCUT2D eigenvalue weighted by Crippen LogP contribution is 2.21. The molecule has 1 saturated heterocycles. The highest BCUT2D eigenvalue weighted by atomic mass is 32.1. The van der Waals surface area contributed by atoms with Crippen LogP contribution in [0, 0.1) is 0 Å². The number of likely N-dealkylation sites (tertiary alicyclic amines) is 1. The number of nitrogens with zero attached hydrogens (tertiary/aromatic N) is 2. The lowest BCUT2D eigenvalue weighted by Crippen LogP contribution is -2.30. The number of aryl methyl sites for hydroxylation is 1. The van der Waals surface area contributed by atoms with Gasteiger partial charge in [0.2, 0.25) is 0 Å². The topological polar surface area (TPSA) is 42.4 Å². The van der Waals surface area contributed by atoms with E-state index in [9.17, 15) is 4.79 Å². The molecule has 1 atom stereocenters. The Balaban J connectivity index is 1.58. The lowest BCUT2D eigenvalue weighted by Gasteiger charge is -2.16. The van der Waals surface area contributed by atoms with Gasteiger partial charge in [-0.15, -0.1) is 0 Å². The fourth-order valence-electron chi connectivity index (χ4n) is 2.71. The van der Waals surface area contributed by atoms with Gasteiger partial charge >= 0.3 is 0 Å². The molecule has 2 heterocycles. The molecule has 0 bridgehead atoms. The van der Waals surface area contributed by atoms with Gasteiger partial charge in [-0.2, -0.15) is 0 Å². The Kier molecular flexibility index (Phi) is 4.73. The second kappa shape index (κ2) is 6.92. The van der Waals surface area contributed by atoms with E-state index in [0.717, 1.165) is 31.4 Å². The van der Waals surface area contributed by atoms with E-state index in [0.29, 0.717) is 11.7 Å². The van der Waals surface area contributed by atoms with Crippen LogP contribution in [0.2, 0.25) is 0 Å². The number of thiazole rings is 1. The summed E-state index contributed by atoms with van der Waals surface area (Å²) in [5.74, 6) is 0.0910. The summed E-state index contributed by atoms with van der Waals surface area (Å²) < 4.78 is 5.80. The van der Waals surface area contributed by atoms with E-state index in [1.165, 1.54) is 16.9 Å². The van der Waals surface area contributed by atoms with E-state index in [2.05, 4.69) is 24.0 Å². The number of aromatic nitrogens is 1. The van der Waals surface area contributed by atoms with Gasteiger partial charge in [-0.25, -0.2) is 4.98 Å². The Hall–Kier alpha value is -1.88. The molecule has 3 rings (SSSR count). The quantitative estimate of drug-likeness (QED) is 0.849. The second-order valence-corrected chi connectivity index (χ2v) is 6.38. The molecule has 1 unspecified atom stereocenters. The molecular weight excluding hydrogens is 296 g/mol. The largest absolute Gasteiger partial charge is 0.465 e. The molecule has 0 spiro atoms. The summed E-state index contributed by atoms with van der Waals surface area (Å²) in [6.07, 6.45) is 4.82. The zero-order chi connectivity index (χ0) is 15.4. The van der Waals surface area contributed by atoms with Crippen molar-refractivity contribution in [1.82, 2.24) is 9.88 Å². The van der Waals surface area contributed by atoms with Crippen LogP contribution in [-0.2, 0) is 6.42 Å². The van der Waals surface area contributed by atoms with Crippen LogP contribution in [0.15, 0.2) is 35.8 Å². The smallest absolute Gasteiger partial charge is 0.273 e. The van der Waals surface area contributed by atoms with Crippen LogP contribution in [-0.4, -0.2) is 35.0 Å². The molecule has 1 aromatic heterocycles. The van der Waals surface area contributed by atoms with Gasteiger partial charge in [0.05, 0.1) is 6.54 Å². The Morgan fingerprint density at radius 3 is 2.91 bits per heavy atom. The maximum atomic E-state index is 12.5. The summed E-state index contributed by atoms with van der Waals surface area (Å²) in [5, 5.41) is 2.58. The van der Waals surface area contributed by atoms with Crippen molar-refractivity contribution < 1.29 is 9.53 Å². The molecule has 0 aliphatic carbocycles. The third-order valence-electron chi connectivity index (χ3n) is 3.85. The van der Waals surface area contributed by atoms with Crippen LogP contribution in [0.1, 0.15) is 35.7 Å². The van der Waals surface area contributed by atoms with Gasteiger partial charge in [0.1, 0.15) is 6.10 Å². The SMILES string of the molecule is CCCc1ccc(C(=O)N2CCC(Oc3nccs3)C2)cc1. The van der Waals surface area contributed by atoms with Gasteiger partial charge in [-0.1, -0.05) is 36.8 Å². The number of amides is 1. The summed E-state index contributed by atoms with van der Waals surface area (Å²) in [7, 11) is 0. The predicted molar refractivity (Wildman–Crippen MR) is 87.5 cm³/mol. The van der Waals surface area contributed by atoms with Crippen molar-refractivity contribution in [2.24, 2.45) is 0 Å². The summed E-state index contributed by atoms with van der Waals surface area (Å²) in [6.45, 7) is 3.53. The zero-order valence-corrected chi connectivity index (χ0v) is 13.5. The summed E-state index contributed by atoms with van der Waals surface area (Å²) in [5.41, 5.74) is 2.04. The van der Waals surface area contributed by atoms with Gasteiger partial charge < -0.3 is 9.64 Å². The zero-order valence-electron chi connectivity index (χ0n) is 12.7. The molecule has 5 heteroatoms. The van der Waals surface area contributed by atoms with Gasteiger partial charge in [0, 0.05) is 30.1 Å². The Labute approximate surface area is 134 Å². The van der Waals surface area contributed by atoms with Gasteiger partial charge in [-0.05, 0) is 24.1 Å². The van der Waals surface area contributed by atoms with Crippen molar-refractivity contribution >= 4 is 17.2 Å². The minimum Gasteiger partial charge on any atom is -0.465 e. The van der Waals surface area contributed by atoms with E-state index in [1.54, 1.807) is 6.20 Å². The number of hydrogen-bond donors (Lipinski definition) is 0. The average molecular weight is 316 g/mol. The summed E-state index contributed by atoms with van der Waals surface area (Å²) in [6, 6.07) is 7.97. The minimum atomic E-state index is 0.0504. The van der Waals surface area contributed by atoms with Crippen molar-refractivity contribution in [3.8, 4) is 5.19 Å². The first-order valence-electron chi connectivity index (χ1n) is 7.70. The third-order valence-corrected chi connectivity index (χ3v) is 4.51. The molecule has 22 heavy (non-hydrogen) atoms. The molecule has 1 aliphatic heterocycles. The molecule has 0 N–H and O–H groups in total. The van der Waals surface area contributed by atoms with Gasteiger partial charge in [0.25, 0.3) is 11.1 Å². The van der Waals surface area contributed by atoms with E-state index < -0.39 is 0 Å². The molecular formula is C17H20N2O2S. The van der Waals surface area contributed by atoms with Crippen molar-refractivity contribution in [3.05, 3.63) is 47.0 Å². The van der Waals surface area contributed by atoms with Crippen LogP contribution in [0.25, 0.3) is 0 Å². The molecule has 0 saturated carbocycles. The van der Waals surface area contributed by atoms with Crippen molar-refractivity contribution in [2.45, 2.75) is 32.3 Å². The Morgan fingerprint density at radius 1 is 1.41 bits per heavy atom. The highest BCUT2D eigenvalue weighted by molar-refractivity contribution is 7.11. The van der Waals surface area contributed by atoms with E-state index in [-0.39, 0.29) is 12.0 Å². The molecule has 4 nitrogen and oxygen atoms in total. The predicted octanol–water partition coefficient (Wildman–Crippen LogP) is 3.39. The molecule has 1 fully saturated rings. The van der Waals surface area contributed by atoms with Crippen LogP contribution in [0.3, 0.4) is 0 Å². The molecule has 116 valence electrons. The summed E-state index contributed by atoms with van der Waals surface area (Å²) >= 11 is 1.49. The molecule has 1 aliphatic rings.